The van der Waals surface area contributed by atoms with E-state index >= 15 is 0 Å². The van der Waals surface area contributed by atoms with Gasteiger partial charge in [0.1, 0.15) is 6.10 Å². The lowest BCUT2D eigenvalue weighted by Gasteiger charge is -2.14. The summed E-state index contributed by atoms with van der Waals surface area (Å²) in [5, 5.41) is 0.623. The third-order valence-corrected chi connectivity index (χ3v) is 5.52. The first-order valence-electron chi connectivity index (χ1n) is 6.67. The van der Waals surface area contributed by atoms with Crippen LogP contribution >= 0.6 is 7.60 Å². The maximum Gasteiger partial charge on any atom is 0.362 e. The summed E-state index contributed by atoms with van der Waals surface area (Å²) in [6.45, 7) is 4.05. The van der Waals surface area contributed by atoms with Crippen molar-refractivity contribution in [1.29, 1.82) is 0 Å². The van der Waals surface area contributed by atoms with E-state index in [2.05, 4.69) is 4.74 Å². The van der Waals surface area contributed by atoms with Gasteiger partial charge in [-0.05, 0) is 24.5 Å². The number of carbonyl (C=O) groups excluding carboxylic acids is 1. The van der Waals surface area contributed by atoms with Crippen LogP contribution in [0.4, 0.5) is 0 Å². The molecule has 1 unspecified atom stereocenters. The Morgan fingerprint density at radius 2 is 2.15 bits per heavy atom. The van der Waals surface area contributed by atoms with Crippen molar-refractivity contribution in [2.45, 2.75) is 32.8 Å². The highest BCUT2D eigenvalue weighted by molar-refractivity contribution is 7.62. The van der Waals surface area contributed by atoms with Gasteiger partial charge in [-0.1, -0.05) is 25.1 Å². The van der Waals surface area contributed by atoms with Crippen LogP contribution in [0.3, 0.4) is 0 Å². The summed E-state index contributed by atoms with van der Waals surface area (Å²) < 4.78 is 28.6. The normalized spacial score (nSPS) is 24.4. The molecule has 2 rings (SSSR count). The Bertz CT molecular complexity index is 554. The number of hydrogen-bond donors (Lipinski definition) is 0. The van der Waals surface area contributed by atoms with Crippen molar-refractivity contribution in [3.05, 3.63) is 29.3 Å². The van der Waals surface area contributed by atoms with E-state index in [0.29, 0.717) is 11.9 Å². The molecule has 0 fully saturated rings. The molecular formula is C14H19O5P. The Hall–Kier alpha value is -1.16. The fourth-order valence-corrected chi connectivity index (χ4v) is 4.69. The predicted molar refractivity (Wildman–Crippen MR) is 75.1 cm³/mol. The Morgan fingerprint density at radius 1 is 1.40 bits per heavy atom. The van der Waals surface area contributed by atoms with Gasteiger partial charge in [-0.15, -0.1) is 0 Å². The molecule has 0 saturated carbocycles. The van der Waals surface area contributed by atoms with Crippen LogP contribution in [0.15, 0.2) is 18.2 Å². The summed E-state index contributed by atoms with van der Waals surface area (Å²) in [6, 6.07) is 5.63. The summed E-state index contributed by atoms with van der Waals surface area (Å²) in [5.74, 6) is -0.396. The van der Waals surface area contributed by atoms with E-state index in [0.717, 1.165) is 17.5 Å². The Labute approximate surface area is 118 Å². The quantitative estimate of drug-likeness (QED) is 0.618. The second-order valence-corrected chi connectivity index (χ2v) is 6.41. The minimum absolute atomic E-state index is 0.0354. The van der Waals surface area contributed by atoms with E-state index in [-0.39, 0.29) is 6.42 Å². The molecule has 1 aliphatic rings. The second-order valence-electron chi connectivity index (χ2n) is 4.50. The zero-order chi connectivity index (χ0) is 14.8. The number of hydrogen-bond acceptors (Lipinski definition) is 5. The third kappa shape index (κ3) is 2.66. The molecule has 0 bridgehead atoms. The lowest BCUT2D eigenvalue weighted by Crippen LogP contribution is -2.13. The molecule has 0 saturated heterocycles. The first kappa shape index (κ1) is 15.2. The summed E-state index contributed by atoms with van der Waals surface area (Å²) in [5.41, 5.74) is 1.71. The van der Waals surface area contributed by atoms with Crippen molar-refractivity contribution >= 4 is 18.9 Å². The molecular weight excluding hydrogens is 279 g/mol. The Balaban J connectivity index is 2.46. The molecule has 1 heterocycles. The van der Waals surface area contributed by atoms with Gasteiger partial charge >= 0.3 is 13.6 Å². The van der Waals surface area contributed by atoms with Gasteiger partial charge in [-0.3, -0.25) is 13.9 Å². The van der Waals surface area contributed by atoms with Crippen molar-refractivity contribution in [1.82, 2.24) is 0 Å². The second kappa shape index (κ2) is 6.08. The lowest BCUT2D eigenvalue weighted by molar-refractivity contribution is -0.142. The fourth-order valence-electron chi connectivity index (χ4n) is 2.41. The smallest absolute Gasteiger partial charge is 0.362 e. The van der Waals surface area contributed by atoms with Crippen molar-refractivity contribution in [2.24, 2.45) is 0 Å². The highest BCUT2D eigenvalue weighted by Crippen LogP contribution is 2.58. The van der Waals surface area contributed by atoms with Crippen molar-refractivity contribution in [3.8, 4) is 0 Å². The zero-order valence-electron chi connectivity index (χ0n) is 11.9. The number of aryl methyl sites for hydroxylation is 1. The van der Waals surface area contributed by atoms with Crippen molar-refractivity contribution < 1.29 is 23.1 Å². The monoisotopic (exact) mass is 298 g/mol. The van der Waals surface area contributed by atoms with Crippen LogP contribution in [0.25, 0.3) is 0 Å². The predicted octanol–water partition coefficient (Wildman–Crippen LogP) is 2.74. The van der Waals surface area contributed by atoms with Gasteiger partial charge in [0, 0.05) is 0 Å². The zero-order valence-corrected chi connectivity index (χ0v) is 12.8. The first-order chi connectivity index (χ1) is 9.55. The summed E-state index contributed by atoms with van der Waals surface area (Å²) in [6.07, 6.45) is 0.198. The summed E-state index contributed by atoms with van der Waals surface area (Å²) >= 11 is 0. The summed E-state index contributed by atoms with van der Waals surface area (Å²) in [7, 11) is -2.02. The van der Waals surface area contributed by atoms with Crippen LogP contribution in [0.5, 0.6) is 0 Å². The molecule has 20 heavy (non-hydrogen) atoms. The standard InChI is InChI=1S/C14H19O5P/c1-4-10-7-6-8-11-12(9-13(15)17-3)19-20(16,14(10)11)18-5-2/h6-8,12H,4-5,9H2,1-3H3/t12-,20?/m0/s1. The third-order valence-electron chi connectivity index (χ3n) is 3.30. The molecule has 2 atom stereocenters. The van der Waals surface area contributed by atoms with E-state index in [1.807, 2.05) is 25.1 Å². The van der Waals surface area contributed by atoms with Crippen molar-refractivity contribution in [3.63, 3.8) is 0 Å². The van der Waals surface area contributed by atoms with Crippen LogP contribution in [0.1, 0.15) is 37.5 Å². The maximum atomic E-state index is 12.9. The molecule has 0 spiro atoms. The molecule has 0 radical (unpaired) electrons. The summed E-state index contributed by atoms with van der Waals surface area (Å²) in [4.78, 5) is 11.5. The van der Waals surface area contributed by atoms with Crippen LogP contribution in [0.2, 0.25) is 0 Å². The minimum Gasteiger partial charge on any atom is -0.469 e. The van der Waals surface area contributed by atoms with Gasteiger partial charge in [0.05, 0.1) is 25.4 Å². The highest BCUT2D eigenvalue weighted by atomic mass is 31.2. The Morgan fingerprint density at radius 3 is 2.75 bits per heavy atom. The van der Waals surface area contributed by atoms with Crippen LogP contribution < -0.4 is 5.30 Å². The molecule has 0 N–H and O–H groups in total. The molecule has 1 aromatic rings. The molecule has 1 aliphatic heterocycles. The van der Waals surface area contributed by atoms with E-state index < -0.39 is 19.7 Å². The SMILES string of the molecule is CCOP1(=O)O[C@@H](CC(=O)OC)c2cccc(CC)c21. The number of esters is 1. The molecule has 6 heteroatoms. The fraction of sp³-hybridized carbons (Fsp3) is 0.500. The van der Waals surface area contributed by atoms with Crippen LogP contribution in [-0.2, 0) is 29.6 Å². The minimum atomic E-state index is -3.34. The largest absolute Gasteiger partial charge is 0.469 e. The van der Waals surface area contributed by atoms with E-state index in [4.69, 9.17) is 9.05 Å². The Kier molecular flexibility index (Phi) is 4.63. The maximum absolute atomic E-state index is 12.9. The molecule has 0 aliphatic carbocycles. The van der Waals surface area contributed by atoms with E-state index in [9.17, 15) is 9.36 Å². The number of fused-ring (bicyclic) bond motifs is 1. The van der Waals surface area contributed by atoms with Crippen LogP contribution in [-0.4, -0.2) is 19.7 Å². The molecule has 5 nitrogen and oxygen atoms in total. The molecule has 110 valence electrons. The molecule has 0 amide bonds. The first-order valence-corrected chi connectivity index (χ1v) is 8.22. The average Bonchev–Trinajstić information content (AvgIpc) is 2.72. The highest BCUT2D eigenvalue weighted by Gasteiger charge is 2.44. The molecule has 1 aromatic carbocycles. The number of ether oxygens (including phenoxy) is 1. The lowest BCUT2D eigenvalue weighted by atomic mass is 10.0. The molecule has 0 aromatic heterocycles. The van der Waals surface area contributed by atoms with Gasteiger partial charge < -0.3 is 9.26 Å². The number of carbonyl (C=O) groups is 1. The van der Waals surface area contributed by atoms with Crippen molar-refractivity contribution in [2.75, 3.05) is 13.7 Å². The topological polar surface area (TPSA) is 61.8 Å². The van der Waals surface area contributed by atoms with Gasteiger partial charge in [0.25, 0.3) is 0 Å². The van der Waals surface area contributed by atoms with Crippen LogP contribution in [0, 0.1) is 0 Å². The average molecular weight is 298 g/mol. The van der Waals surface area contributed by atoms with Gasteiger partial charge in [-0.25, -0.2) is 0 Å². The van der Waals surface area contributed by atoms with Gasteiger partial charge in [0.2, 0.25) is 0 Å². The number of methoxy groups -OCH3 is 1. The number of benzene rings is 1. The van der Waals surface area contributed by atoms with Gasteiger partial charge in [0.15, 0.2) is 0 Å². The number of rotatable bonds is 5. The van der Waals surface area contributed by atoms with E-state index in [1.54, 1.807) is 6.92 Å². The van der Waals surface area contributed by atoms with Gasteiger partial charge in [-0.2, -0.15) is 0 Å². The van der Waals surface area contributed by atoms with E-state index in [1.165, 1.54) is 7.11 Å².